The maximum atomic E-state index is 12.7. The Hall–Kier alpha value is -3.35. The van der Waals surface area contributed by atoms with E-state index in [0.29, 0.717) is 13.0 Å². The number of nitrogens with one attached hydrogen (secondary N) is 2. The van der Waals surface area contributed by atoms with Crippen molar-refractivity contribution < 1.29 is 24.2 Å². The Kier molecular flexibility index (Phi) is 9.70. The van der Waals surface area contributed by atoms with Crippen LogP contribution in [-0.4, -0.2) is 42.3 Å². The van der Waals surface area contributed by atoms with Crippen LogP contribution in [-0.2, 0) is 14.3 Å². The van der Waals surface area contributed by atoms with Gasteiger partial charge in [-0.25, -0.2) is 4.79 Å². The molecular weight excluding hydrogens is 444 g/mol. The molecule has 7 nitrogen and oxygen atoms in total. The number of carboxylic acid groups (broad SMARTS) is 1. The summed E-state index contributed by atoms with van der Waals surface area (Å²) >= 11 is 0. The first kappa shape index (κ1) is 26.3. The van der Waals surface area contributed by atoms with Crippen LogP contribution < -0.4 is 10.6 Å². The number of aliphatic carboxylic acids is 1. The molecule has 0 fully saturated rings. The molecule has 0 unspecified atom stereocenters. The van der Waals surface area contributed by atoms with Crippen molar-refractivity contribution in [2.75, 3.05) is 13.2 Å². The Morgan fingerprint density at radius 2 is 1.46 bits per heavy atom. The van der Waals surface area contributed by atoms with Gasteiger partial charge in [-0.05, 0) is 41.0 Å². The van der Waals surface area contributed by atoms with Gasteiger partial charge in [0.1, 0.15) is 12.6 Å². The Balaban J connectivity index is 1.45. The smallest absolute Gasteiger partial charge is 0.407 e. The number of carboxylic acids is 1. The number of hydrogen-bond acceptors (Lipinski definition) is 4. The number of benzene rings is 2. The fraction of sp³-hybridized carbons (Fsp3) is 0.464. The van der Waals surface area contributed by atoms with Crippen LogP contribution in [0.5, 0.6) is 0 Å². The van der Waals surface area contributed by atoms with Crippen molar-refractivity contribution in [3.8, 4) is 11.1 Å². The number of carbonyl (C=O) groups is 3. The SMILES string of the molecule is CC(C)[C@@H](NC(=O)OCC1c2ccccc2-c2ccccc21)C(=O)NCCCCCCCC(=O)O. The summed E-state index contributed by atoms with van der Waals surface area (Å²) < 4.78 is 5.60. The molecule has 0 aromatic heterocycles. The average molecular weight is 481 g/mol. The van der Waals surface area contributed by atoms with Crippen LogP contribution in [0.3, 0.4) is 0 Å². The van der Waals surface area contributed by atoms with Gasteiger partial charge in [0.15, 0.2) is 0 Å². The summed E-state index contributed by atoms with van der Waals surface area (Å²) in [6, 6.07) is 15.6. The molecule has 2 aromatic rings. The highest BCUT2D eigenvalue weighted by Crippen LogP contribution is 2.44. The van der Waals surface area contributed by atoms with Crippen LogP contribution in [0.25, 0.3) is 11.1 Å². The molecule has 3 rings (SSSR count). The van der Waals surface area contributed by atoms with E-state index in [4.69, 9.17) is 9.84 Å². The standard InChI is InChI=1S/C28H36N2O5/c1-19(2)26(27(33)29-17-11-5-3-4-6-16-25(31)32)30-28(34)35-18-24-22-14-9-7-12-20(22)21-13-8-10-15-23(21)24/h7-10,12-15,19,24,26H,3-6,11,16-18H2,1-2H3,(H,29,33)(H,30,34)(H,31,32)/t26-/m1/s1. The van der Waals surface area contributed by atoms with E-state index in [9.17, 15) is 14.4 Å². The van der Waals surface area contributed by atoms with Gasteiger partial charge in [0.2, 0.25) is 5.91 Å². The third-order valence-electron chi connectivity index (χ3n) is 6.43. The summed E-state index contributed by atoms with van der Waals surface area (Å²) in [4.78, 5) is 35.8. The van der Waals surface area contributed by atoms with Gasteiger partial charge >= 0.3 is 12.1 Å². The van der Waals surface area contributed by atoms with Crippen molar-refractivity contribution in [2.45, 2.75) is 64.3 Å². The van der Waals surface area contributed by atoms with Gasteiger partial charge < -0.3 is 20.5 Å². The zero-order valence-corrected chi connectivity index (χ0v) is 20.6. The first-order chi connectivity index (χ1) is 16.9. The molecule has 0 radical (unpaired) electrons. The molecule has 3 N–H and O–H groups in total. The lowest BCUT2D eigenvalue weighted by Gasteiger charge is -2.22. The average Bonchev–Trinajstić information content (AvgIpc) is 3.16. The minimum Gasteiger partial charge on any atom is -0.481 e. The van der Waals surface area contributed by atoms with Crippen molar-refractivity contribution >= 4 is 18.0 Å². The molecule has 1 atom stereocenters. The van der Waals surface area contributed by atoms with Crippen LogP contribution in [0.4, 0.5) is 4.79 Å². The lowest BCUT2D eigenvalue weighted by molar-refractivity contribution is -0.137. The van der Waals surface area contributed by atoms with Crippen LogP contribution in [0, 0.1) is 5.92 Å². The van der Waals surface area contributed by atoms with Gasteiger partial charge in [-0.3, -0.25) is 9.59 Å². The second kappa shape index (κ2) is 12.9. The second-order valence-corrected chi connectivity index (χ2v) is 9.39. The molecule has 0 heterocycles. The molecular formula is C28H36N2O5. The van der Waals surface area contributed by atoms with Crippen LogP contribution >= 0.6 is 0 Å². The highest BCUT2D eigenvalue weighted by Gasteiger charge is 2.30. The van der Waals surface area contributed by atoms with E-state index in [2.05, 4.69) is 34.9 Å². The van der Waals surface area contributed by atoms with Crippen LogP contribution in [0.15, 0.2) is 48.5 Å². The second-order valence-electron chi connectivity index (χ2n) is 9.39. The lowest BCUT2D eigenvalue weighted by atomic mass is 9.98. The maximum Gasteiger partial charge on any atom is 0.407 e. The zero-order valence-electron chi connectivity index (χ0n) is 20.6. The number of ether oxygens (including phenoxy) is 1. The maximum absolute atomic E-state index is 12.7. The third kappa shape index (κ3) is 7.31. The molecule has 0 saturated carbocycles. The monoisotopic (exact) mass is 480 g/mol. The molecule has 1 aliphatic carbocycles. The summed E-state index contributed by atoms with van der Waals surface area (Å²) in [6.45, 7) is 4.49. The van der Waals surface area contributed by atoms with Gasteiger partial charge in [0, 0.05) is 18.9 Å². The Morgan fingerprint density at radius 1 is 0.886 bits per heavy atom. The predicted molar refractivity (Wildman–Crippen MR) is 135 cm³/mol. The molecule has 188 valence electrons. The minimum absolute atomic E-state index is 0.0324. The lowest BCUT2D eigenvalue weighted by Crippen LogP contribution is -2.50. The summed E-state index contributed by atoms with van der Waals surface area (Å²) in [5, 5.41) is 14.3. The number of fused-ring (bicyclic) bond motifs is 3. The van der Waals surface area contributed by atoms with Gasteiger partial charge in [0.05, 0.1) is 0 Å². The number of alkyl carbamates (subject to hydrolysis) is 1. The molecule has 0 aliphatic heterocycles. The van der Waals surface area contributed by atoms with Crippen molar-refractivity contribution in [3.63, 3.8) is 0 Å². The van der Waals surface area contributed by atoms with E-state index < -0.39 is 18.1 Å². The van der Waals surface area contributed by atoms with E-state index in [1.165, 1.54) is 11.1 Å². The molecule has 0 saturated heterocycles. The van der Waals surface area contributed by atoms with Gasteiger partial charge in [-0.2, -0.15) is 0 Å². The Bertz CT molecular complexity index is 974. The van der Waals surface area contributed by atoms with E-state index in [1.54, 1.807) is 0 Å². The number of carbonyl (C=O) groups excluding carboxylic acids is 2. The topological polar surface area (TPSA) is 105 Å². The summed E-state index contributed by atoms with van der Waals surface area (Å²) in [6.07, 6.45) is 3.84. The number of unbranched alkanes of at least 4 members (excludes halogenated alkanes) is 4. The van der Waals surface area contributed by atoms with Crippen molar-refractivity contribution in [3.05, 3.63) is 59.7 Å². The molecule has 35 heavy (non-hydrogen) atoms. The normalized spacial score (nSPS) is 13.1. The molecule has 0 spiro atoms. The molecule has 7 heteroatoms. The first-order valence-corrected chi connectivity index (χ1v) is 12.5. The van der Waals surface area contributed by atoms with Gasteiger partial charge in [0.25, 0.3) is 0 Å². The Labute approximate surface area is 207 Å². The predicted octanol–water partition coefficient (Wildman–Crippen LogP) is 5.09. The fourth-order valence-electron chi connectivity index (χ4n) is 4.56. The Morgan fingerprint density at radius 3 is 2.06 bits per heavy atom. The van der Waals surface area contributed by atoms with Crippen molar-refractivity contribution in [2.24, 2.45) is 5.92 Å². The highest BCUT2D eigenvalue weighted by molar-refractivity contribution is 5.86. The first-order valence-electron chi connectivity index (χ1n) is 12.5. The van der Waals surface area contributed by atoms with E-state index in [-0.39, 0.29) is 30.8 Å². The van der Waals surface area contributed by atoms with Crippen LogP contribution in [0.2, 0.25) is 0 Å². The molecule has 1 aliphatic rings. The zero-order chi connectivity index (χ0) is 25.2. The fourth-order valence-corrected chi connectivity index (χ4v) is 4.56. The van der Waals surface area contributed by atoms with Gasteiger partial charge in [-0.1, -0.05) is 81.6 Å². The molecule has 2 aromatic carbocycles. The van der Waals surface area contributed by atoms with E-state index in [1.807, 2.05) is 38.1 Å². The molecule has 2 amide bonds. The molecule has 0 bridgehead atoms. The number of amides is 2. The number of rotatable bonds is 13. The summed E-state index contributed by atoms with van der Waals surface area (Å²) in [5.74, 6) is -1.11. The van der Waals surface area contributed by atoms with Crippen molar-refractivity contribution in [1.82, 2.24) is 10.6 Å². The van der Waals surface area contributed by atoms with Gasteiger partial charge in [-0.15, -0.1) is 0 Å². The highest BCUT2D eigenvalue weighted by atomic mass is 16.5. The minimum atomic E-state index is -0.763. The summed E-state index contributed by atoms with van der Waals surface area (Å²) in [7, 11) is 0. The third-order valence-corrected chi connectivity index (χ3v) is 6.43. The largest absolute Gasteiger partial charge is 0.481 e. The van der Waals surface area contributed by atoms with Crippen molar-refractivity contribution in [1.29, 1.82) is 0 Å². The van der Waals surface area contributed by atoms with Crippen LogP contribution in [0.1, 0.15) is 69.4 Å². The van der Waals surface area contributed by atoms with E-state index in [0.717, 1.165) is 36.8 Å². The number of hydrogen-bond donors (Lipinski definition) is 3. The summed E-state index contributed by atoms with van der Waals surface area (Å²) in [5.41, 5.74) is 4.61. The van der Waals surface area contributed by atoms with E-state index >= 15 is 0 Å². The quantitative estimate of drug-likeness (QED) is 0.346.